The lowest BCUT2D eigenvalue weighted by Crippen LogP contribution is -2.16. The maximum Gasteiger partial charge on any atom is 0.416 e. The molecule has 5 aromatic rings. The van der Waals surface area contributed by atoms with Crippen molar-refractivity contribution in [3.8, 4) is 11.4 Å². The van der Waals surface area contributed by atoms with Crippen LogP contribution in [0.3, 0.4) is 0 Å². The van der Waals surface area contributed by atoms with Crippen LogP contribution in [-0.2, 0) is 12.7 Å². The summed E-state index contributed by atoms with van der Waals surface area (Å²) in [5.41, 5.74) is 1.90. The molecule has 0 spiro atoms. The van der Waals surface area contributed by atoms with Gasteiger partial charge in [-0.2, -0.15) is 13.2 Å². The van der Waals surface area contributed by atoms with Gasteiger partial charge in [0.25, 0.3) is 5.91 Å². The monoisotopic (exact) mass is 529 g/mol. The van der Waals surface area contributed by atoms with E-state index in [1.807, 2.05) is 6.92 Å². The number of aromatic amines is 1. The van der Waals surface area contributed by atoms with E-state index in [2.05, 4.69) is 20.3 Å². The summed E-state index contributed by atoms with van der Waals surface area (Å²) >= 11 is 6.18. The zero-order valence-corrected chi connectivity index (χ0v) is 20.4. The fourth-order valence-electron chi connectivity index (χ4n) is 4.28. The molecule has 0 bridgehead atoms. The van der Waals surface area contributed by atoms with Gasteiger partial charge in [0, 0.05) is 12.1 Å². The van der Waals surface area contributed by atoms with Gasteiger partial charge in [-0.25, -0.2) is 14.4 Å². The number of H-pyrrole nitrogens is 1. The molecule has 0 saturated heterocycles. The third-order valence-corrected chi connectivity index (χ3v) is 6.32. The van der Waals surface area contributed by atoms with Crippen LogP contribution in [0.25, 0.3) is 33.5 Å². The summed E-state index contributed by atoms with van der Waals surface area (Å²) in [6.45, 7) is 4.13. The highest BCUT2D eigenvalue weighted by Gasteiger charge is 2.31. The molecule has 0 fully saturated rings. The Balaban J connectivity index is 1.52. The zero-order valence-electron chi connectivity index (χ0n) is 19.7. The first-order valence-electron chi connectivity index (χ1n) is 11.4. The van der Waals surface area contributed by atoms with Crippen LogP contribution in [0.5, 0.6) is 0 Å². The normalized spacial score (nSPS) is 12.0. The Morgan fingerprint density at radius 1 is 1.11 bits per heavy atom. The highest BCUT2D eigenvalue weighted by Crippen LogP contribution is 2.33. The predicted molar refractivity (Wildman–Crippen MR) is 134 cm³/mol. The third kappa shape index (κ3) is 4.53. The Morgan fingerprint density at radius 2 is 1.89 bits per heavy atom. The summed E-state index contributed by atoms with van der Waals surface area (Å²) in [5, 5.41) is 2.91. The van der Waals surface area contributed by atoms with E-state index in [9.17, 15) is 22.4 Å². The number of anilines is 1. The number of fused-ring (bicyclic) bond motifs is 2. The average molecular weight is 530 g/mol. The minimum atomic E-state index is -4.51. The first-order chi connectivity index (χ1) is 17.6. The SMILES string of the molecule is CCCn1c(NC(=O)c2cc(C)c3[nH]c(-c4c(F)cccc4Cl)nc3c2)nc2cc(C(F)(F)F)ccc21. The Morgan fingerprint density at radius 3 is 2.59 bits per heavy atom. The van der Waals surface area contributed by atoms with Gasteiger partial charge in [0.1, 0.15) is 11.6 Å². The summed E-state index contributed by atoms with van der Waals surface area (Å²) < 4.78 is 55.6. The number of carbonyl (C=O) groups excluding carboxylic acids is 1. The van der Waals surface area contributed by atoms with Gasteiger partial charge in [-0.05, 0) is 61.4 Å². The summed E-state index contributed by atoms with van der Waals surface area (Å²) in [7, 11) is 0. The number of nitrogens with zero attached hydrogens (tertiary/aromatic N) is 3. The van der Waals surface area contributed by atoms with Gasteiger partial charge >= 0.3 is 6.18 Å². The molecule has 190 valence electrons. The summed E-state index contributed by atoms with van der Waals surface area (Å²) in [6.07, 6.45) is -3.83. The number of rotatable bonds is 5. The highest BCUT2D eigenvalue weighted by atomic mass is 35.5. The molecule has 0 atom stereocenters. The van der Waals surface area contributed by atoms with Gasteiger partial charge in [0.15, 0.2) is 0 Å². The molecule has 2 heterocycles. The van der Waals surface area contributed by atoms with Gasteiger partial charge < -0.3 is 9.55 Å². The Kier molecular flexibility index (Phi) is 6.15. The standard InChI is InChI=1S/C26H20ClF4N5O/c1-3-9-36-20-8-7-15(26(29,30)31)12-18(20)33-25(36)35-24(37)14-10-13(2)22-19(11-14)32-23(34-22)21-16(27)5-4-6-17(21)28/h4-8,10-12H,3,9H2,1-2H3,(H,32,34)(H,33,35,37). The van der Waals surface area contributed by atoms with Crippen molar-refractivity contribution in [2.24, 2.45) is 0 Å². The molecule has 0 aliphatic carbocycles. The number of hydrogen-bond acceptors (Lipinski definition) is 3. The van der Waals surface area contributed by atoms with Gasteiger partial charge in [-0.15, -0.1) is 0 Å². The Hall–Kier alpha value is -3.92. The van der Waals surface area contributed by atoms with Crippen LogP contribution in [-0.4, -0.2) is 25.4 Å². The van der Waals surface area contributed by atoms with Crippen molar-refractivity contribution < 1.29 is 22.4 Å². The molecule has 3 aromatic carbocycles. The Labute approximate surface area is 213 Å². The minimum absolute atomic E-state index is 0.122. The second-order valence-electron chi connectivity index (χ2n) is 8.61. The molecule has 37 heavy (non-hydrogen) atoms. The topological polar surface area (TPSA) is 75.6 Å². The number of amides is 1. The minimum Gasteiger partial charge on any atom is -0.338 e. The molecule has 0 saturated carbocycles. The van der Waals surface area contributed by atoms with Gasteiger partial charge in [0.2, 0.25) is 5.95 Å². The second-order valence-corrected chi connectivity index (χ2v) is 9.02. The van der Waals surface area contributed by atoms with Crippen LogP contribution in [0.15, 0.2) is 48.5 Å². The van der Waals surface area contributed by atoms with Gasteiger partial charge in [-0.3, -0.25) is 10.1 Å². The maximum atomic E-state index is 14.4. The molecule has 5 rings (SSSR count). The molecular formula is C26H20ClF4N5O. The lowest BCUT2D eigenvalue weighted by atomic mass is 10.1. The van der Waals surface area contributed by atoms with E-state index in [0.717, 1.165) is 12.1 Å². The van der Waals surface area contributed by atoms with E-state index >= 15 is 0 Å². The zero-order chi connectivity index (χ0) is 26.5. The molecule has 11 heteroatoms. The van der Waals surface area contributed by atoms with Crippen LogP contribution >= 0.6 is 11.6 Å². The van der Waals surface area contributed by atoms with E-state index in [0.29, 0.717) is 35.1 Å². The predicted octanol–water partition coefficient (Wildman–Crippen LogP) is 7.36. The molecule has 1 amide bonds. The van der Waals surface area contributed by atoms with Crippen LogP contribution in [0.1, 0.15) is 34.8 Å². The summed E-state index contributed by atoms with van der Waals surface area (Å²) in [4.78, 5) is 25.0. The van der Waals surface area contributed by atoms with Crippen LogP contribution in [0.2, 0.25) is 5.02 Å². The molecular weight excluding hydrogens is 510 g/mol. The van der Waals surface area contributed by atoms with E-state index in [-0.39, 0.29) is 33.4 Å². The van der Waals surface area contributed by atoms with Gasteiger partial charge in [-0.1, -0.05) is 24.6 Å². The first kappa shape index (κ1) is 24.8. The number of alkyl halides is 3. The lowest BCUT2D eigenvalue weighted by molar-refractivity contribution is -0.137. The number of benzene rings is 3. The van der Waals surface area contributed by atoms with Crippen molar-refractivity contribution in [2.75, 3.05) is 5.32 Å². The smallest absolute Gasteiger partial charge is 0.338 e. The van der Waals surface area contributed by atoms with Crippen molar-refractivity contribution in [2.45, 2.75) is 33.0 Å². The molecule has 2 aromatic heterocycles. The molecule has 0 aliphatic rings. The first-order valence-corrected chi connectivity index (χ1v) is 11.8. The molecule has 0 radical (unpaired) electrons. The van der Waals surface area contributed by atoms with Crippen molar-refractivity contribution in [1.82, 2.24) is 19.5 Å². The molecule has 6 nitrogen and oxygen atoms in total. The summed E-state index contributed by atoms with van der Waals surface area (Å²) in [5.74, 6) is -0.684. The number of imidazole rings is 2. The van der Waals surface area contributed by atoms with Crippen LogP contribution in [0.4, 0.5) is 23.5 Å². The van der Waals surface area contributed by atoms with Crippen LogP contribution in [0, 0.1) is 12.7 Å². The van der Waals surface area contributed by atoms with Crippen molar-refractivity contribution in [1.29, 1.82) is 0 Å². The second kappa shape index (κ2) is 9.19. The van der Waals surface area contributed by atoms with Crippen molar-refractivity contribution >= 4 is 45.5 Å². The molecule has 2 N–H and O–H groups in total. The largest absolute Gasteiger partial charge is 0.416 e. The van der Waals surface area contributed by atoms with Crippen LogP contribution < -0.4 is 5.32 Å². The average Bonchev–Trinajstić information content (AvgIpc) is 3.40. The number of halogens is 5. The number of carbonyl (C=O) groups is 1. The fourth-order valence-corrected chi connectivity index (χ4v) is 4.54. The molecule has 0 unspecified atom stereocenters. The Bertz CT molecular complexity index is 1650. The number of nitrogens with one attached hydrogen (secondary N) is 2. The lowest BCUT2D eigenvalue weighted by Gasteiger charge is -2.10. The number of aromatic nitrogens is 4. The van der Waals surface area contributed by atoms with Crippen molar-refractivity contribution in [3.05, 3.63) is 76.1 Å². The maximum absolute atomic E-state index is 14.4. The fraction of sp³-hybridized carbons (Fsp3) is 0.192. The quantitative estimate of drug-likeness (QED) is 0.233. The van der Waals surface area contributed by atoms with E-state index in [1.165, 1.54) is 18.2 Å². The third-order valence-electron chi connectivity index (χ3n) is 6.00. The van der Waals surface area contributed by atoms with E-state index in [1.54, 1.807) is 29.7 Å². The molecule has 0 aliphatic heterocycles. The van der Waals surface area contributed by atoms with E-state index in [4.69, 9.17) is 11.6 Å². The number of aryl methyl sites for hydroxylation is 2. The van der Waals surface area contributed by atoms with E-state index < -0.39 is 23.5 Å². The number of hydrogen-bond donors (Lipinski definition) is 2. The highest BCUT2D eigenvalue weighted by molar-refractivity contribution is 6.33. The summed E-state index contributed by atoms with van der Waals surface area (Å²) in [6, 6.07) is 10.8. The van der Waals surface area contributed by atoms with Crippen molar-refractivity contribution in [3.63, 3.8) is 0 Å². The van der Waals surface area contributed by atoms with Gasteiger partial charge in [0.05, 0.1) is 38.2 Å².